The normalized spacial score (nSPS) is 14.6. The van der Waals surface area contributed by atoms with E-state index in [1.54, 1.807) is 42.1 Å². The third kappa shape index (κ3) is 10.2. The van der Waals surface area contributed by atoms with E-state index in [0.717, 1.165) is 12.8 Å². The van der Waals surface area contributed by atoms with Crippen LogP contribution in [0.5, 0.6) is 0 Å². The molecule has 328 valence electrons. The first-order valence-electron chi connectivity index (χ1n) is 22.6. The molecule has 62 heavy (non-hydrogen) atoms. The van der Waals surface area contributed by atoms with Gasteiger partial charge in [-0.05, 0) is 0 Å². The molecular formula is C58H74Cl2Hf2. The van der Waals surface area contributed by atoms with Crippen molar-refractivity contribution in [1.29, 1.82) is 0 Å². The molecule has 0 heterocycles. The largest absolute Gasteiger partial charge is 0.147 e. The van der Waals surface area contributed by atoms with Crippen LogP contribution in [0.25, 0.3) is 22.3 Å². The molecule has 0 amide bonds. The van der Waals surface area contributed by atoms with Gasteiger partial charge < -0.3 is 0 Å². The van der Waals surface area contributed by atoms with Gasteiger partial charge in [0.2, 0.25) is 0 Å². The Bertz CT molecular complexity index is 2400. The van der Waals surface area contributed by atoms with Crippen LogP contribution in [-0.4, -0.2) is 6.51 Å². The van der Waals surface area contributed by atoms with Crippen molar-refractivity contribution in [3.63, 3.8) is 0 Å². The van der Waals surface area contributed by atoms with E-state index in [1.807, 2.05) is 0 Å². The van der Waals surface area contributed by atoms with Crippen LogP contribution in [0.3, 0.4) is 0 Å². The monoisotopic (exact) mass is 1200 g/mol. The first-order valence-corrected chi connectivity index (χ1v) is 33.4. The van der Waals surface area contributed by atoms with Crippen molar-refractivity contribution in [2.45, 2.75) is 158 Å². The van der Waals surface area contributed by atoms with E-state index in [-0.39, 0.29) is 46.5 Å². The Kier molecular flexibility index (Phi) is 15.6. The number of fused-ring (bicyclic) bond motifs is 6. The van der Waals surface area contributed by atoms with Gasteiger partial charge in [0.1, 0.15) is 0 Å². The molecule has 0 saturated carbocycles. The van der Waals surface area contributed by atoms with Crippen LogP contribution in [0, 0.1) is 0 Å². The van der Waals surface area contributed by atoms with Crippen LogP contribution in [-0.2, 0) is 76.4 Å². The molecule has 4 aliphatic carbocycles. The SMILES string of the molecule is C[C](C)=[Hf]([C]1=CC=CC1)[c]1c(C(C)(C)C)ccc2c1Cc1cc(C(C)(C)C)ccc1-2.C[C](C)=[Hf]([C]1=CC=CC1)[c]1c(C(C)(C)C)ccc2c1Cc1cc(C(C)(C)C)ccc1-2.Cl.Cl. The number of rotatable bonds is 4. The molecule has 0 aliphatic heterocycles. The Balaban J connectivity index is 0.000000227. The third-order valence-corrected chi connectivity index (χ3v) is 35.3. The minimum absolute atomic E-state index is 0. The fourth-order valence-corrected chi connectivity index (χ4v) is 33.8. The van der Waals surface area contributed by atoms with Crippen molar-refractivity contribution in [2.24, 2.45) is 0 Å². The molecule has 4 heteroatoms. The van der Waals surface area contributed by atoms with E-state index in [9.17, 15) is 0 Å². The third-order valence-electron chi connectivity index (χ3n) is 13.2. The van der Waals surface area contributed by atoms with Gasteiger partial charge in [-0.15, -0.1) is 24.8 Å². The van der Waals surface area contributed by atoms with E-state index >= 15 is 0 Å². The molecule has 0 aromatic heterocycles. The Morgan fingerprint density at radius 1 is 0.435 bits per heavy atom. The summed E-state index contributed by atoms with van der Waals surface area (Å²) in [4.78, 5) is 0. The van der Waals surface area contributed by atoms with Gasteiger partial charge in [-0.1, -0.05) is 0 Å². The average Bonchev–Trinajstić information content (AvgIpc) is 3.97. The summed E-state index contributed by atoms with van der Waals surface area (Å²) in [7, 11) is 0. The molecular weight excluding hydrogens is 1120 g/mol. The number of hydrogen-bond donors (Lipinski definition) is 0. The second kappa shape index (κ2) is 19.0. The summed E-state index contributed by atoms with van der Waals surface area (Å²) in [6.07, 6.45) is 18.7. The zero-order chi connectivity index (χ0) is 43.7. The van der Waals surface area contributed by atoms with E-state index < -0.39 is 41.9 Å². The van der Waals surface area contributed by atoms with Crippen molar-refractivity contribution in [1.82, 2.24) is 0 Å². The molecule has 0 radical (unpaired) electrons. The number of halogens is 2. The van der Waals surface area contributed by atoms with Gasteiger partial charge in [0.15, 0.2) is 0 Å². The van der Waals surface area contributed by atoms with Crippen LogP contribution < -0.4 is 6.64 Å². The van der Waals surface area contributed by atoms with Crippen molar-refractivity contribution in [2.75, 3.05) is 0 Å². The van der Waals surface area contributed by atoms with Crippen molar-refractivity contribution < 1.29 is 41.9 Å². The van der Waals surface area contributed by atoms with Crippen molar-refractivity contribution in [3.05, 3.63) is 148 Å². The smallest absolute Gasteiger partial charge is 0.147 e. The number of hydrogen-bond acceptors (Lipinski definition) is 0. The second-order valence-corrected chi connectivity index (χ2v) is 43.3. The zero-order valence-electron chi connectivity index (χ0n) is 40.9. The van der Waals surface area contributed by atoms with Gasteiger partial charge in [0.05, 0.1) is 0 Å². The molecule has 4 aliphatic rings. The fourth-order valence-electron chi connectivity index (χ4n) is 10.0. The maximum atomic E-state index is 2.49. The van der Waals surface area contributed by atoms with Crippen LogP contribution in [0.15, 0.2) is 104 Å². The molecule has 4 aromatic carbocycles. The van der Waals surface area contributed by atoms with Gasteiger partial charge in [-0.3, -0.25) is 0 Å². The Morgan fingerprint density at radius 2 is 0.774 bits per heavy atom. The van der Waals surface area contributed by atoms with Crippen LogP contribution in [0.4, 0.5) is 0 Å². The Labute approximate surface area is 404 Å². The predicted octanol–water partition coefficient (Wildman–Crippen LogP) is 15.1. The maximum Gasteiger partial charge on any atom is -0.147 e. The van der Waals surface area contributed by atoms with Crippen LogP contribution >= 0.6 is 24.8 Å². The molecule has 0 nitrogen and oxygen atoms in total. The zero-order valence-corrected chi connectivity index (χ0v) is 49.7. The maximum absolute atomic E-state index is 2.49. The Morgan fingerprint density at radius 3 is 1.05 bits per heavy atom. The van der Waals surface area contributed by atoms with Crippen molar-refractivity contribution in [3.8, 4) is 22.3 Å². The summed E-state index contributed by atoms with van der Waals surface area (Å²) in [5.41, 5.74) is 19.1. The summed E-state index contributed by atoms with van der Waals surface area (Å²) < 4.78 is 10.5. The standard InChI is InChI=1S/2C21H25.2C5H5.2C3H6.2ClH.2Hf/c2*1-20(2,3)16-7-9-18-14(12-16)11-15-13-17(21(4,5)6)8-10-19(15)18;2*1-2-4-5-3-1;2*1-3-2;;;;/h2*7-10,12H,11H2,1-6H3;2*1-3H,4H2;2*1-2H3;2*1H;;. The van der Waals surface area contributed by atoms with Gasteiger partial charge in [0, 0.05) is 0 Å². The van der Waals surface area contributed by atoms with Crippen LogP contribution in [0.1, 0.15) is 168 Å². The van der Waals surface area contributed by atoms with E-state index in [4.69, 9.17) is 0 Å². The Hall–Kier alpha value is -2.10. The van der Waals surface area contributed by atoms with E-state index in [2.05, 4.69) is 208 Å². The minimum Gasteiger partial charge on any atom is -0.147 e. The molecule has 0 unspecified atom stereocenters. The fraction of sp³-hybridized carbons (Fsp3) is 0.414. The summed E-state index contributed by atoms with van der Waals surface area (Å²) in [5, 5.41) is 0. The molecule has 8 rings (SSSR count). The predicted molar refractivity (Wildman–Crippen MR) is 274 cm³/mol. The molecule has 0 fully saturated rings. The van der Waals surface area contributed by atoms with Gasteiger partial charge in [0.25, 0.3) is 0 Å². The first-order chi connectivity index (χ1) is 28.0. The van der Waals surface area contributed by atoms with Gasteiger partial charge in [-0.25, -0.2) is 0 Å². The van der Waals surface area contributed by atoms with Crippen molar-refractivity contribution >= 4 is 38.0 Å². The molecule has 0 spiro atoms. The molecule has 0 N–H and O–H groups in total. The molecule has 4 aromatic rings. The summed E-state index contributed by atoms with van der Waals surface area (Å²) in [5.74, 6) is 0. The molecule has 0 atom stereocenters. The van der Waals surface area contributed by atoms with E-state index in [0.29, 0.717) is 0 Å². The van der Waals surface area contributed by atoms with E-state index in [1.165, 1.54) is 57.3 Å². The van der Waals surface area contributed by atoms with Crippen LogP contribution in [0.2, 0.25) is 0 Å². The second-order valence-electron chi connectivity index (χ2n) is 22.5. The topological polar surface area (TPSA) is 0 Å². The molecule has 0 bridgehead atoms. The summed E-state index contributed by atoms with van der Waals surface area (Å²) >= 11 is -4.61. The molecule has 0 saturated heterocycles. The average molecular weight is 1200 g/mol. The summed E-state index contributed by atoms with van der Waals surface area (Å²) in [6, 6.07) is 24.3. The van der Waals surface area contributed by atoms with Gasteiger partial charge >= 0.3 is 384 Å². The quantitative estimate of drug-likeness (QED) is 0.154. The van der Waals surface area contributed by atoms with Gasteiger partial charge in [-0.2, -0.15) is 0 Å². The number of allylic oxidation sites excluding steroid dienone is 8. The first kappa shape index (κ1) is 50.9. The minimum atomic E-state index is -2.31. The number of benzene rings is 4. The summed E-state index contributed by atoms with van der Waals surface area (Å²) in [6.45, 7) is 37.9.